The molecule has 1 nitrogen and oxygen atoms in total. The van der Waals surface area contributed by atoms with Crippen LogP contribution in [0.4, 0.5) is 0 Å². The van der Waals surface area contributed by atoms with Gasteiger partial charge in [0, 0.05) is 12.8 Å². The third-order valence-electron chi connectivity index (χ3n) is 5.19. The Kier molecular flexibility index (Phi) is 5.06. The fourth-order valence-corrected chi connectivity index (χ4v) is 3.69. The molecule has 0 unspecified atom stereocenters. The summed E-state index contributed by atoms with van der Waals surface area (Å²) in [6.07, 6.45) is 14.2. The van der Waals surface area contributed by atoms with Gasteiger partial charge < -0.3 is 0 Å². The molecule has 0 aromatic rings. The van der Waals surface area contributed by atoms with Gasteiger partial charge in [-0.2, -0.15) is 0 Å². The monoisotopic (exact) mass is 236 g/mol. The van der Waals surface area contributed by atoms with Crippen LogP contribution < -0.4 is 0 Å². The van der Waals surface area contributed by atoms with Crippen LogP contribution in [0.5, 0.6) is 0 Å². The highest BCUT2D eigenvalue weighted by Crippen LogP contribution is 2.35. The van der Waals surface area contributed by atoms with Crippen LogP contribution in [0.1, 0.15) is 77.6 Å². The summed E-state index contributed by atoms with van der Waals surface area (Å²) in [4.78, 5) is 11.2. The third-order valence-corrected chi connectivity index (χ3v) is 5.19. The summed E-state index contributed by atoms with van der Waals surface area (Å²) >= 11 is 0. The summed E-state index contributed by atoms with van der Waals surface area (Å²) in [5.74, 6) is 3.41. The van der Waals surface area contributed by atoms with Crippen molar-refractivity contribution in [3.8, 4) is 0 Å². The second-order valence-corrected chi connectivity index (χ2v) is 6.35. The fourth-order valence-electron chi connectivity index (χ4n) is 3.69. The molecule has 0 aromatic carbocycles. The van der Waals surface area contributed by atoms with E-state index in [0.29, 0.717) is 5.78 Å². The molecule has 0 aromatic heterocycles. The van der Waals surface area contributed by atoms with Crippen LogP contribution in [0, 0.1) is 17.8 Å². The molecular formula is C16H28O. The molecule has 2 rings (SSSR count). The van der Waals surface area contributed by atoms with Crippen molar-refractivity contribution in [3.05, 3.63) is 0 Å². The number of rotatable bonds is 4. The standard InChI is InChI=1S/C16H28O/c1-2-13-3-5-14(6-4-13)7-8-15-9-11-16(17)12-10-15/h13-15H,2-12H2,1H3/t13-,14-. The molecule has 2 saturated carbocycles. The van der Waals surface area contributed by atoms with Gasteiger partial charge in [0.25, 0.3) is 0 Å². The van der Waals surface area contributed by atoms with Crippen molar-refractivity contribution in [1.82, 2.24) is 0 Å². The molecule has 1 heteroatoms. The Morgan fingerprint density at radius 2 is 1.29 bits per heavy atom. The number of ketones is 1. The minimum Gasteiger partial charge on any atom is -0.300 e. The second kappa shape index (κ2) is 6.56. The molecule has 17 heavy (non-hydrogen) atoms. The van der Waals surface area contributed by atoms with Crippen LogP contribution in [0.3, 0.4) is 0 Å². The number of carbonyl (C=O) groups is 1. The minimum absolute atomic E-state index is 0.504. The molecule has 0 aliphatic heterocycles. The minimum atomic E-state index is 0.504. The lowest BCUT2D eigenvalue weighted by Gasteiger charge is -2.29. The Labute approximate surface area is 106 Å². The van der Waals surface area contributed by atoms with Crippen molar-refractivity contribution in [3.63, 3.8) is 0 Å². The highest BCUT2D eigenvalue weighted by atomic mass is 16.1. The lowest BCUT2D eigenvalue weighted by atomic mass is 9.76. The van der Waals surface area contributed by atoms with Gasteiger partial charge in [-0.3, -0.25) is 4.79 Å². The third kappa shape index (κ3) is 4.12. The van der Waals surface area contributed by atoms with Gasteiger partial charge in [-0.15, -0.1) is 0 Å². The summed E-state index contributed by atoms with van der Waals surface area (Å²) in [5.41, 5.74) is 0. The molecule has 0 atom stereocenters. The molecule has 0 heterocycles. The Morgan fingerprint density at radius 3 is 1.82 bits per heavy atom. The second-order valence-electron chi connectivity index (χ2n) is 6.35. The van der Waals surface area contributed by atoms with E-state index < -0.39 is 0 Å². The first-order valence-electron chi connectivity index (χ1n) is 7.79. The summed E-state index contributed by atoms with van der Waals surface area (Å²) in [5, 5.41) is 0. The van der Waals surface area contributed by atoms with Crippen LogP contribution in [-0.2, 0) is 4.79 Å². The van der Waals surface area contributed by atoms with Crippen LogP contribution in [0.25, 0.3) is 0 Å². The van der Waals surface area contributed by atoms with Gasteiger partial charge >= 0.3 is 0 Å². The first kappa shape index (κ1) is 13.1. The average molecular weight is 236 g/mol. The van der Waals surface area contributed by atoms with E-state index in [0.717, 1.165) is 30.6 Å². The van der Waals surface area contributed by atoms with Gasteiger partial charge in [0.05, 0.1) is 0 Å². The van der Waals surface area contributed by atoms with Crippen molar-refractivity contribution >= 4 is 5.78 Å². The van der Waals surface area contributed by atoms with Gasteiger partial charge in [0.1, 0.15) is 5.78 Å². The highest BCUT2D eigenvalue weighted by Gasteiger charge is 2.23. The van der Waals surface area contributed by atoms with Gasteiger partial charge in [-0.25, -0.2) is 0 Å². The first-order valence-corrected chi connectivity index (χ1v) is 7.79. The van der Waals surface area contributed by atoms with E-state index in [2.05, 4.69) is 6.92 Å². The Balaban J connectivity index is 1.61. The molecule has 2 aliphatic rings. The molecule has 0 radical (unpaired) electrons. The molecular weight excluding hydrogens is 208 g/mol. The number of hydrogen-bond acceptors (Lipinski definition) is 1. The van der Waals surface area contributed by atoms with Crippen LogP contribution >= 0.6 is 0 Å². The highest BCUT2D eigenvalue weighted by molar-refractivity contribution is 5.78. The van der Waals surface area contributed by atoms with E-state index in [-0.39, 0.29) is 0 Å². The Hall–Kier alpha value is -0.330. The molecule has 0 N–H and O–H groups in total. The number of carbonyl (C=O) groups excluding carboxylic acids is 1. The number of Topliss-reactive ketones (excluding diaryl/α,β-unsaturated/α-hetero) is 1. The maximum Gasteiger partial charge on any atom is 0.132 e. The van der Waals surface area contributed by atoms with Crippen LogP contribution in [0.2, 0.25) is 0 Å². The topological polar surface area (TPSA) is 17.1 Å². The molecule has 98 valence electrons. The van der Waals surface area contributed by atoms with E-state index in [4.69, 9.17) is 0 Å². The SMILES string of the molecule is CC[C@H]1CC[C@H](CCC2CCC(=O)CC2)CC1. The molecule has 2 aliphatic carbocycles. The predicted octanol–water partition coefficient (Wildman–Crippen LogP) is 4.74. The average Bonchev–Trinajstić information content (AvgIpc) is 2.39. The Bertz CT molecular complexity index is 228. The molecule has 0 bridgehead atoms. The zero-order chi connectivity index (χ0) is 12.1. The first-order chi connectivity index (χ1) is 8.28. The summed E-state index contributed by atoms with van der Waals surface area (Å²) in [6, 6.07) is 0. The van der Waals surface area contributed by atoms with Crippen molar-refractivity contribution in [2.24, 2.45) is 17.8 Å². The summed E-state index contributed by atoms with van der Waals surface area (Å²) in [7, 11) is 0. The largest absolute Gasteiger partial charge is 0.300 e. The zero-order valence-electron chi connectivity index (χ0n) is 11.4. The van der Waals surface area contributed by atoms with Gasteiger partial charge in [-0.05, 0) is 30.6 Å². The normalized spacial score (nSPS) is 31.7. The molecule has 0 saturated heterocycles. The molecule has 2 fully saturated rings. The lowest BCUT2D eigenvalue weighted by molar-refractivity contribution is -0.121. The van der Waals surface area contributed by atoms with Crippen LogP contribution in [-0.4, -0.2) is 5.78 Å². The summed E-state index contributed by atoms with van der Waals surface area (Å²) in [6.45, 7) is 2.34. The smallest absolute Gasteiger partial charge is 0.132 e. The van der Waals surface area contributed by atoms with E-state index in [1.165, 1.54) is 57.8 Å². The predicted molar refractivity (Wildman–Crippen MR) is 71.9 cm³/mol. The maximum atomic E-state index is 11.2. The molecule has 0 amide bonds. The molecule has 0 spiro atoms. The van der Waals surface area contributed by atoms with Crippen molar-refractivity contribution in [2.75, 3.05) is 0 Å². The van der Waals surface area contributed by atoms with Gasteiger partial charge in [-0.1, -0.05) is 51.9 Å². The maximum absolute atomic E-state index is 11.2. The quantitative estimate of drug-likeness (QED) is 0.689. The fraction of sp³-hybridized carbons (Fsp3) is 0.938. The van der Waals surface area contributed by atoms with Crippen LogP contribution in [0.15, 0.2) is 0 Å². The van der Waals surface area contributed by atoms with Crippen molar-refractivity contribution < 1.29 is 4.79 Å². The van der Waals surface area contributed by atoms with Crippen molar-refractivity contribution in [1.29, 1.82) is 0 Å². The van der Waals surface area contributed by atoms with Crippen molar-refractivity contribution in [2.45, 2.75) is 77.6 Å². The Morgan fingerprint density at radius 1 is 0.824 bits per heavy atom. The van der Waals surface area contributed by atoms with E-state index in [1.807, 2.05) is 0 Å². The number of hydrogen-bond donors (Lipinski definition) is 0. The summed E-state index contributed by atoms with van der Waals surface area (Å²) < 4.78 is 0. The van der Waals surface area contributed by atoms with E-state index in [9.17, 15) is 4.79 Å². The van der Waals surface area contributed by atoms with E-state index >= 15 is 0 Å². The van der Waals surface area contributed by atoms with Gasteiger partial charge in [0.15, 0.2) is 0 Å². The van der Waals surface area contributed by atoms with E-state index in [1.54, 1.807) is 0 Å². The lowest BCUT2D eigenvalue weighted by Crippen LogP contribution is -2.17. The zero-order valence-corrected chi connectivity index (χ0v) is 11.4. The van der Waals surface area contributed by atoms with Gasteiger partial charge in [0.2, 0.25) is 0 Å².